The van der Waals surface area contributed by atoms with Gasteiger partial charge in [0.1, 0.15) is 11.9 Å². The predicted octanol–water partition coefficient (Wildman–Crippen LogP) is 1.33. The van der Waals surface area contributed by atoms with Gasteiger partial charge in [-0.25, -0.2) is 19.6 Å². The number of carbonyl (C=O) groups is 3. The topological polar surface area (TPSA) is 132 Å². The van der Waals surface area contributed by atoms with Gasteiger partial charge in [-0.05, 0) is 42.0 Å². The summed E-state index contributed by atoms with van der Waals surface area (Å²) >= 11 is 0. The Hall–Kier alpha value is -4.08. The zero-order valence-corrected chi connectivity index (χ0v) is 14.9. The van der Waals surface area contributed by atoms with Gasteiger partial charge in [0.25, 0.3) is 5.91 Å². The third kappa shape index (κ3) is 5.45. The van der Waals surface area contributed by atoms with Crippen LogP contribution in [0.15, 0.2) is 58.6 Å². The average molecular weight is 397 g/mol. The van der Waals surface area contributed by atoms with Crippen molar-refractivity contribution < 1.29 is 23.9 Å². The van der Waals surface area contributed by atoms with Gasteiger partial charge in [0.05, 0.1) is 18.2 Å². The molecule has 4 N–H and O–H groups in total. The zero-order valence-electron chi connectivity index (χ0n) is 14.9. The maximum atomic E-state index is 12.8. The van der Waals surface area contributed by atoms with Crippen LogP contribution in [-0.4, -0.2) is 41.1 Å². The van der Waals surface area contributed by atoms with E-state index >= 15 is 0 Å². The number of anilines is 1. The fraction of sp³-hybridized carbons (Fsp3) is 0.105. The van der Waals surface area contributed by atoms with E-state index in [-0.39, 0.29) is 23.8 Å². The third-order valence-electron chi connectivity index (χ3n) is 3.88. The molecule has 0 saturated carbocycles. The van der Waals surface area contributed by atoms with Gasteiger partial charge in [0.2, 0.25) is 11.9 Å². The molecule has 3 rings (SSSR count). The molecule has 9 nitrogen and oxygen atoms in total. The van der Waals surface area contributed by atoms with E-state index in [4.69, 9.17) is 5.11 Å². The summed E-state index contributed by atoms with van der Waals surface area (Å²) in [5.41, 5.74) is 3.70. The molecule has 0 aliphatic carbocycles. The number of nitrogens with one attached hydrogen (secondary N) is 3. The molecule has 148 valence electrons. The number of benzene rings is 2. The summed E-state index contributed by atoms with van der Waals surface area (Å²) in [7, 11) is 0. The molecule has 10 heteroatoms. The number of hydrogen-bond donors (Lipinski definition) is 4. The molecule has 0 spiro atoms. The van der Waals surface area contributed by atoms with Crippen LogP contribution in [0.5, 0.6) is 0 Å². The van der Waals surface area contributed by atoms with Crippen LogP contribution in [0, 0.1) is 5.82 Å². The van der Waals surface area contributed by atoms with Gasteiger partial charge in [-0.1, -0.05) is 12.1 Å². The van der Waals surface area contributed by atoms with E-state index in [1.54, 1.807) is 0 Å². The predicted molar refractivity (Wildman–Crippen MR) is 103 cm³/mol. The van der Waals surface area contributed by atoms with E-state index in [1.807, 2.05) is 0 Å². The molecule has 2 aromatic carbocycles. The molecule has 0 aromatic heterocycles. The Bertz CT molecular complexity index is 987. The summed E-state index contributed by atoms with van der Waals surface area (Å²) in [6, 6.07) is 10.4. The molecule has 1 atom stereocenters. The van der Waals surface area contributed by atoms with Gasteiger partial charge in [0, 0.05) is 5.69 Å². The fourth-order valence-electron chi connectivity index (χ4n) is 2.44. The number of carboxylic acids is 1. The molecule has 1 aliphatic heterocycles. The lowest BCUT2D eigenvalue weighted by Crippen LogP contribution is -2.35. The number of halogens is 1. The second-order valence-corrected chi connectivity index (χ2v) is 6.04. The number of hydrogen-bond acceptors (Lipinski definition) is 6. The first-order chi connectivity index (χ1) is 13.9. The highest BCUT2D eigenvalue weighted by molar-refractivity contribution is 6.07. The summed E-state index contributed by atoms with van der Waals surface area (Å²) in [6.07, 6.45) is 1.23. The van der Waals surface area contributed by atoms with Crippen LogP contribution in [0.2, 0.25) is 0 Å². The van der Waals surface area contributed by atoms with Gasteiger partial charge < -0.3 is 10.4 Å². The quantitative estimate of drug-likeness (QED) is 0.431. The van der Waals surface area contributed by atoms with E-state index in [0.717, 1.165) is 0 Å². The normalized spacial score (nSPS) is 15.7. The minimum atomic E-state index is -1.07. The van der Waals surface area contributed by atoms with Gasteiger partial charge in [-0.3, -0.25) is 14.9 Å². The molecule has 2 amide bonds. The Morgan fingerprint density at radius 2 is 1.86 bits per heavy atom. The van der Waals surface area contributed by atoms with Crippen molar-refractivity contribution in [3.8, 4) is 0 Å². The SMILES string of the molecule is O=C(C[C@@H]1N=C(N/N=C\c2ccc(F)cc2)NC1=O)Nc1ccc(C(=O)O)cc1. The van der Waals surface area contributed by atoms with Gasteiger partial charge in [0.15, 0.2) is 0 Å². The Morgan fingerprint density at radius 1 is 1.17 bits per heavy atom. The number of carbonyl (C=O) groups excluding carboxylic acids is 2. The number of carboxylic acid groups (broad SMARTS) is 1. The lowest BCUT2D eigenvalue weighted by Gasteiger charge is -2.07. The Kier molecular flexibility index (Phi) is 5.93. The van der Waals surface area contributed by atoms with Crippen LogP contribution in [0.25, 0.3) is 0 Å². The van der Waals surface area contributed by atoms with E-state index in [2.05, 4.69) is 26.2 Å². The van der Waals surface area contributed by atoms with Crippen molar-refractivity contribution in [1.82, 2.24) is 10.7 Å². The first-order valence-corrected chi connectivity index (χ1v) is 8.47. The molecular formula is C19H16FN5O4. The van der Waals surface area contributed by atoms with E-state index in [1.165, 1.54) is 54.7 Å². The summed E-state index contributed by atoms with van der Waals surface area (Å²) in [5.74, 6) is -2.24. The lowest BCUT2D eigenvalue weighted by atomic mass is 10.2. The second kappa shape index (κ2) is 8.74. The van der Waals surface area contributed by atoms with Crippen molar-refractivity contribution in [3.63, 3.8) is 0 Å². The number of amides is 2. The monoisotopic (exact) mass is 397 g/mol. The minimum Gasteiger partial charge on any atom is -0.478 e. The van der Waals surface area contributed by atoms with Crippen molar-refractivity contribution in [1.29, 1.82) is 0 Å². The van der Waals surface area contributed by atoms with Crippen molar-refractivity contribution in [2.45, 2.75) is 12.5 Å². The van der Waals surface area contributed by atoms with Crippen LogP contribution >= 0.6 is 0 Å². The molecule has 29 heavy (non-hydrogen) atoms. The second-order valence-electron chi connectivity index (χ2n) is 6.04. The van der Waals surface area contributed by atoms with Crippen molar-refractivity contribution >= 4 is 35.6 Å². The van der Waals surface area contributed by atoms with Crippen molar-refractivity contribution in [2.75, 3.05) is 5.32 Å². The largest absolute Gasteiger partial charge is 0.478 e. The molecule has 0 radical (unpaired) electrons. The standard InChI is InChI=1S/C19H16FN5O4/c20-13-5-1-11(2-6-13)10-21-25-19-23-15(17(27)24-19)9-16(26)22-14-7-3-12(4-8-14)18(28)29/h1-8,10,15H,9H2,(H,22,26)(H,28,29)(H2,23,24,25,27)/b21-10-/t15-/m0/s1. The van der Waals surface area contributed by atoms with Crippen LogP contribution < -0.4 is 16.1 Å². The summed E-state index contributed by atoms with van der Waals surface area (Å²) < 4.78 is 12.8. The number of aromatic carboxylic acids is 1. The number of hydrazone groups is 1. The Labute approximate surface area is 164 Å². The molecule has 2 aromatic rings. The first kappa shape index (κ1) is 19.7. The summed E-state index contributed by atoms with van der Waals surface area (Å²) in [4.78, 5) is 39.0. The highest BCUT2D eigenvalue weighted by Crippen LogP contribution is 2.12. The molecule has 1 aliphatic rings. The molecule has 0 fully saturated rings. The van der Waals surface area contributed by atoms with Gasteiger partial charge >= 0.3 is 5.97 Å². The summed E-state index contributed by atoms with van der Waals surface area (Å²) in [5, 5.41) is 17.8. The van der Waals surface area contributed by atoms with Crippen LogP contribution in [0.3, 0.4) is 0 Å². The third-order valence-corrected chi connectivity index (χ3v) is 3.88. The molecular weight excluding hydrogens is 381 g/mol. The number of aliphatic imine (C=N–C) groups is 1. The van der Waals surface area contributed by atoms with E-state index in [0.29, 0.717) is 11.3 Å². The number of nitrogens with zero attached hydrogens (tertiary/aromatic N) is 2. The Balaban J connectivity index is 1.53. The maximum Gasteiger partial charge on any atom is 0.335 e. The first-order valence-electron chi connectivity index (χ1n) is 8.47. The molecule has 1 heterocycles. The molecule has 0 bridgehead atoms. The summed E-state index contributed by atoms with van der Waals surface area (Å²) in [6.45, 7) is 0. The van der Waals surface area contributed by atoms with Crippen molar-refractivity contribution in [2.24, 2.45) is 10.1 Å². The Morgan fingerprint density at radius 3 is 2.52 bits per heavy atom. The van der Waals surface area contributed by atoms with Crippen LogP contribution in [0.1, 0.15) is 22.3 Å². The average Bonchev–Trinajstić information content (AvgIpc) is 3.03. The van der Waals surface area contributed by atoms with Crippen molar-refractivity contribution in [3.05, 3.63) is 65.5 Å². The van der Waals surface area contributed by atoms with Crippen LogP contribution in [0.4, 0.5) is 10.1 Å². The van der Waals surface area contributed by atoms with Gasteiger partial charge in [-0.15, -0.1) is 0 Å². The number of rotatable bonds is 6. The number of guanidine groups is 1. The highest BCUT2D eigenvalue weighted by atomic mass is 19.1. The van der Waals surface area contributed by atoms with Crippen LogP contribution in [-0.2, 0) is 9.59 Å². The van der Waals surface area contributed by atoms with E-state index in [9.17, 15) is 18.8 Å². The lowest BCUT2D eigenvalue weighted by molar-refractivity contribution is -0.123. The highest BCUT2D eigenvalue weighted by Gasteiger charge is 2.28. The zero-order chi connectivity index (χ0) is 20.8. The minimum absolute atomic E-state index is 0.0944. The fourth-order valence-corrected chi connectivity index (χ4v) is 2.44. The molecule has 0 saturated heterocycles. The maximum absolute atomic E-state index is 12.8. The van der Waals surface area contributed by atoms with Gasteiger partial charge in [-0.2, -0.15) is 5.10 Å². The molecule has 0 unspecified atom stereocenters. The van der Waals surface area contributed by atoms with E-state index < -0.39 is 23.8 Å². The smallest absolute Gasteiger partial charge is 0.335 e.